The molecule has 0 radical (unpaired) electrons. The maximum absolute atomic E-state index is 10.9. The summed E-state index contributed by atoms with van der Waals surface area (Å²) in [5.41, 5.74) is 2.59. The van der Waals surface area contributed by atoms with Crippen LogP contribution in [-0.4, -0.2) is 29.0 Å². The van der Waals surface area contributed by atoms with Gasteiger partial charge in [-0.05, 0) is 56.1 Å². The predicted octanol–water partition coefficient (Wildman–Crippen LogP) is 2.08. The number of nitrogens with zero attached hydrogens (tertiary/aromatic N) is 2. The van der Waals surface area contributed by atoms with E-state index in [1.165, 1.54) is 7.11 Å². The van der Waals surface area contributed by atoms with Crippen LogP contribution in [-0.2, 0) is 4.74 Å². The van der Waals surface area contributed by atoms with Crippen molar-refractivity contribution in [1.82, 2.24) is 15.4 Å². The lowest BCUT2D eigenvalue weighted by Gasteiger charge is -1.97. The summed E-state index contributed by atoms with van der Waals surface area (Å²) in [6.07, 6.45) is 0. The zero-order valence-electron chi connectivity index (χ0n) is 11.4. The second-order valence-corrected chi connectivity index (χ2v) is 5.28. The number of halogens is 2. The fraction of sp³-hybridized carbons (Fsp3) is 0.0769. The molecule has 0 saturated heterocycles. The molecule has 7 nitrogen and oxygen atoms in total. The average Bonchev–Trinajstić information content (AvgIpc) is 2.54. The van der Waals surface area contributed by atoms with E-state index in [9.17, 15) is 9.59 Å². The lowest BCUT2D eigenvalue weighted by Crippen LogP contribution is -2.30. The van der Waals surface area contributed by atoms with E-state index in [4.69, 9.17) is 5.84 Å². The summed E-state index contributed by atoms with van der Waals surface area (Å²) in [5.74, 6) is 4.08. The van der Waals surface area contributed by atoms with E-state index in [1.54, 1.807) is 36.4 Å². The van der Waals surface area contributed by atoms with E-state index in [-0.39, 0.29) is 0 Å². The van der Waals surface area contributed by atoms with Gasteiger partial charge >= 0.3 is 5.97 Å². The number of nitrogens with two attached hydrogens (primary N) is 1. The number of aromatic nitrogens is 2. The van der Waals surface area contributed by atoms with E-state index >= 15 is 0 Å². The summed E-state index contributed by atoms with van der Waals surface area (Å²) in [4.78, 5) is 29.5. The molecule has 116 valence electrons. The van der Waals surface area contributed by atoms with Crippen LogP contribution >= 0.6 is 31.9 Å². The summed E-state index contributed by atoms with van der Waals surface area (Å²) in [7, 11) is 1.32. The number of nitrogens with one attached hydrogen (secondary N) is 1. The van der Waals surface area contributed by atoms with Gasteiger partial charge in [0.15, 0.2) is 0 Å². The van der Waals surface area contributed by atoms with Gasteiger partial charge in [0, 0.05) is 0 Å². The van der Waals surface area contributed by atoms with Gasteiger partial charge < -0.3 is 4.74 Å². The topological polar surface area (TPSA) is 107 Å². The molecule has 9 heteroatoms. The molecule has 2 heterocycles. The third kappa shape index (κ3) is 5.88. The van der Waals surface area contributed by atoms with Crippen LogP contribution in [0.4, 0.5) is 0 Å². The Morgan fingerprint density at radius 1 is 1.05 bits per heavy atom. The van der Waals surface area contributed by atoms with Crippen molar-refractivity contribution in [3.05, 3.63) is 57.0 Å². The second-order valence-electron chi connectivity index (χ2n) is 3.66. The standard InChI is InChI=1S/C7H6BrNO2.C6H6BrN3O/c1-11-7(10)5-3-2-4-6(8)9-5;7-5-3-1-2-4(9-5)6(11)10-8/h2-4H,1H3;1-3H,8H2,(H,10,11). The molecule has 0 unspecified atom stereocenters. The van der Waals surface area contributed by atoms with E-state index in [0.29, 0.717) is 20.6 Å². The number of carbonyl (C=O) groups excluding carboxylic acids is 2. The van der Waals surface area contributed by atoms with Crippen LogP contribution in [0.1, 0.15) is 21.0 Å². The van der Waals surface area contributed by atoms with Crippen molar-refractivity contribution in [3.8, 4) is 0 Å². The number of hydrogen-bond donors (Lipinski definition) is 2. The monoisotopic (exact) mass is 430 g/mol. The first-order valence-electron chi connectivity index (χ1n) is 5.82. The van der Waals surface area contributed by atoms with Crippen molar-refractivity contribution in [1.29, 1.82) is 0 Å². The highest BCUT2D eigenvalue weighted by atomic mass is 79.9. The van der Waals surface area contributed by atoms with Gasteiger partial charge in [0.25, 0.3) is 5.91 Å². The summed E-state index contributed by atoms with van der Waals surface area (Å²) >= 11 is 6.27. The average molecular weight is 432 g/mol. The zero-order chi connectivity index (χ0) is 16.5. The number of ether oxygens (including phenoxy) is 1. The molecule has 0 saturated carbocycles. The normalized spacial score (nSPS) is 9.27. The maximum atomic E-state index is 10.9. The summed E-state index contributed by atoms with van der Waals surface area (Å²) < 4.78 is 5.70. The number of methoxy groups -OCH3 is 1. The largest absolute Gasteiger partial charge is 0.464 e. The van der Waals surface area contributed by atoms with Crippen molar-refractivity contribution in [2.45, 2.75) is 0 Å². The summed E-state index contributed by atoms with van der Waals surface area (Å²) in [6.45, 7) is 0. The van der Waals surface area contributed by atoms with Crippen LogP contribution in [0.3, 0.4) is 0 Å². The predicted molar refractivity (Wildman–Crippen MR) is 86.9 cm³/mol. The fourth-order valence-corrected chi connectivity index (χ4v) is 1.92. The van der Waals surface area contributed by atoms with E-state index in [1.807, 2.05) is 5.43 Å². The number of esters is 1. The van der Waals surface area contributed by atoms with Gasteiger partial charge in [-0.1, -0.05) is 12.1 Å². The minimum atomic E-state index is -0.425. The molecule has 0 atom stereocenters. The van der Waals surface area contributed by atoms with Crippen LogP contribution in [0.25, 0.3) is 0 Å². The van der Waals surface area contributed by atoms with E-state index < -0.39 is 11.9 Å². The molecule has 0 bridgehead atoms. The van der Waals surface area contributed by atoms with Gasteiger partial charge in [-0.25, -0.2) is 20.6 Å². The third-order valence-electron chi connectivity index (χ3n) is 2.19. The van der Waals surface area contributed by atoms with Crippen molar-refractivity contribution < 1.29 is 14.3 Å². The summed E-state index contributed by atoms with van der Waals surface area (Å²) in [5, 5.41) is 0. The Morgan fingerprint density at radius 2 is 1.55 bits per heavy atom. The Kier molecular flexibility index (Phi) is 7.64. The Morgan fingerprint density at radius 3 is 2.00 bits per heavy atom. The van der Waals surface area contributed by atoms with E-state index in [2.05, 4.69) is 46.6 Å². The molecule has 0 aliphatic rings. The van der Waals surface area contributed by atoms with Crippen LogP contribution in [0.5, 0.6) is 0 Å². The quantitative estimate of drug-likeness (QED) is 0.248. The molecule has 0 aliphatic carbocycles. The lowest BCUT2D eigenvalue weighted by molar-refractivity contribution is 0.0593. The molecule has 2 rings (SSSR count). The van der Waals surface area contributed by atoms with Gasteiger partial charge in [0.2, 0.25) is 0 Å². The van der Waals surface area contributed by atoms with Crippen LogP contribution < -0.4 is 11.3 Å². The molecule has 2 aromatic rings. The molecule has 3 N–H and O–H groups in total. The highest BCUT2D eigenvalue weighted by molar-refractivity contribution is 9.10. The van der Waals surface area contributed by atoms with Crippen molar-refractivity contribution >= 4 is 43.7 Å². The Balaban J connectivity index is 0.000000220. The smallest absolute Gasteiger partial charge is 0.356 e. The minimum absolute atomic E-state index is 0.293. The van der Waals surface area contributed by atoms with Crippen LogP contribution in [0.15, 0.2) is 45.6 Å². The number of pyridine rings is 2. The van der Waals surface area contributed by atoms with Crippen molar-refractivity contribution in [2.24, 2.45) is 5.84 Å². The molecular weight excluding hydrogens is 420 g/mol. The Labute approximate surface area is 143 Å². The highest BCUT2D eigenvalue weighted by Crippen LogP contribution is 2.06. The van der Waals surface area contributed by atoms with Gasteiger partial charge in [-0.15, -0.1) is 0 Å². The summed E-state index contributed by atoms with van der Waals surface area (Å²) in [6, 6.07) is 10.1. The number of hydrogen-bond acceptors (Lipinski definition) is 6. The van der Waals surface area contributed by atoms with E-state index in [0.717, 1.165) is 0 Å². The van der Waals surface area contributed by atoms with Gasteiger partial charge in [-0.2, -0.15) is 0 Å². The third-order valence-corrected chi connectivity index (χ3v) is 3.07. The minimum Gasteiger partial charge on any atom is -0.464 e. The van der Waals surface area contributed by atoms with Crippen LogP contribution in [0.2, 0.25) is 0 Å². The number of rotatable bonds is 2. The number of nitrogen functional groups attached to an aromatic ring is 1. The Hall–Kier alpha value is -1.84. The van der Waals surface area contributed by atoms with Crippen molar-refractivity contribution in [3.63, 3.8) is 0 Å². The molecule has 0 fully saturated rings. The first-order chi connectivity index (χ1) is 10.5. The molecule has 0 aliphatic heterocycles. The molecular formula is C13H12Br2N4O3. The molecule has 0 aromatic carbocycles. The molecule has 2 aromatic heterocycles. The SMILES string of the molecule is COC(=O)c1cccc(Br)n1.NNC(=O)c1cccc(Br)n1. The zero-order valence-corrected chi connectivity index (χ0v) is 14.6. The lowest BCUT2D eigenvalue weighted by atomic mass is 10.3. The van der Waals surface area contributed by atoms with Crippen LogP contribution in [0, 0.1) is 0 Å². The van der Waals surface area contributed by atoms with Crippen molar-refractivity contribution in [2.75, 3.05) is 7.11 Å². The first kappa shape index (κ1) is 18.2. The number of amides is 1. The number of carbonyl (C=O) groups is 2. The molecule has 22 heavy (non-hydrogen) atoms. The second kappa shape index (κ2) is 9.23. The maximum Gasteiger partial charge on any atom is 0.356 e. The van der Waals surface area contributed by atoms with Gasteiger partial charge in [-0.3, -0.25) is 10.2 Å². The Bertz CT molecular complexity index is 610. The highest BCUT2D eigenvalue weighted by Gasteiger charge is 2.05. The molecule has 1 amide bonds. The fourth-order valence-electron chi connectivity index (χ4n) is 1.24. The number of hydrazine groups is 1. The van der Waals surface area contributed by atoms with Gasteiger partial charge in [0.05, 0.1) is 7.11 Å². The van der Waals surface area contributed by atoms with Gasteiger partial charge in [0.1, 0.15) is 20.6 Å². The first-order valence-corrected chi connectivity index (χ1v) is 7.41. The molecule has 0 spiro atoms.